The Balaban J connectivity index is 2.01. The van der Waals surface area contributed by atoms with Gasteiger partial charge in [0.1, 0.15) is 6.54 Å². The van der Waals surface area contributed by atoms with Gasteiger partial charge in [0.2, 0.25) is 5.91 Å². The fourth-order valence-electron chi connectivity index (χ4n) is 4.09. The summed E-state index contributed by atoms with van der Waals surface area (Å²) < 4.78 is 1.86. The van der Waals surface area contributed by atoms with Crippen LogP contribution < -0.4 is 11.5 Å². The van der Waals surface area contributed by atoms with E-state index in [2.05, 4.69) is 0 Å². The number of amides is 1. The van der Waals surface area contributed by atoms with E-state index in [0.717, 1.165) is 19.3 Å². The van der Waals surface area contributed by atoms with Gasteiger partial charge in [-0.1, -0.05) is 19.3 Å². The zero-order valence-electron chi connectivity index (χ0n) is 12.7. The first-order valence-electron chi connectivity index (χ1n) is 8.28. The van der Waals surface area contributed by atoms with Crippen molar-refractivity contribution in [2.24, 2.45) is 11.5 Å². The number of nitrogens with two attached hydrogens (primary N) is 2. The Hall–Kier alpha value is -1.36. The van der Waals surface area contributed by atoms with Gasteiger partial charge in [-0.25, -0.2) is 0 Å². The van der Waals surface area contributed by atoms with Crippen LogP contribution in [0.4, 0.5) is 0 Å². The second kappa shape index (κ2) is 6.18. The molecule has 0 radical (unpaired) electrons. The van der Waals surface area contributed by atoms with Gasteiger partial charge in [0.25, 0.3) is 0 Å². The molecule has 21 heavy (non-hydrogen) atoms. The molecule has 1 heterocycles. The molecule has 4 N–H and O–H groups in total. The average molecular weight is 290 g/mol. The van der Waals surface area contributed by atoms with Crippen LogP contribution in [-0.4, -0.2) is 22.2 Å². The van der Waals surface area contributed by atoms with Crippen molar-refractivity contribution in [3.8, 4) is 0 Å². The largest absolute Gasteiger partial charge is 0.368 e. The molecule has 1 aromatic rings. The first-order valence-corrected chi connectivity index (χ1v) is 8.28. The van der Waals surface area contributed by atoms with E-state index in [4.69, 9.17) is 16.6 Å². The molecule has 0 aliphatic heterocycles. The minimum atomic E-state index is -0.314. The third-order valence-corrected chi connectivity index (χ3v) is 5.08. The first-order chi connectivity index (χ1) is 10.2. The predicted octanol–water partition coefficient (Wildman–Crippen LogP) is 1.79. The number of carbonyl (C=O) groups is 1. The molecule has 5 heteroatoms. The normalized spacial score (nSPS) is 23.0. The second-order valence-corrected chi connectivity index (χ2v) is 6.53. The van der Waals surface area contributed by atoms with Gasteiger partial charge in [-0.2, -0.15) is 5.10 Å². The number of nitrogens with zero attached hydrogens (tertiary/aromatic N) is 2. The van der Waals surface area contributed by atoms with Crippen molar-refractivity contribution in [3.05, 3.63) is 17.0 Å². The highest BCUT2D eigenvalue weighted by Crippen LogP contribution is 2.41. The molecular weight excluding hydrogens is 264 g/mol. The van der Waals surface area contributed by atoms with Crippen molar-refractivity contribution in [3.63, 3.8) is 0 Å². The summed E-state index contributed by atoms with van der Waals surface area (Å²) in [6.07, 6.45) is 9.62. The van der Waals surface area contributed by atoms with E-state index in [0.29, 0.717) is 18.4 Å². The number of aromatic nitrogens is 2. The number of hydrogen-bond donors (Lipinski definition) is 2. The van der Waals surface area contributed by atoms with E-state index in [1.165, 1.54) is 49.1 Å². The summed E-state index contributed by atoms with van der Waals surface area (Å²) in [4.78, 5) is 11.3. The highest BCUT2D eigenvalue weighted by molar-refractivity contribution is 5.73. The summed E-state index contributed by atoms with van der Waals surface area (Å²) in [7, 11) is 0. The molecule has 2 aliphatic carbocycles. The summed E-state index contributed by atoms with van der Waals surface area (Å²) in [5, 5.41) is 4.81. The topological polar surface area (TPSA) is 86.9 Å². The lowest BCUT2D eigenvalue weighted by Gasteiger charge is -2.26. The Morgan fingerprint density at radius 1 is 1.19 bits per heavy atom. The molecule has 5 nitrogen and oxygen atoms in total. The lowest BCUT2D eigenvalue weighted by molar-refractivity contribution is -0.118. The Bertz CT molecular complexity index is 517. The maximum absolute atomic E-state index is 11.3. The van der Waals surface area contributed by atoms with Crippen molar-refractivity contribution >= 4 is 5.91 Å². The van der Waals surface area contributed by atoms with E-state index >= 15 is 0 Å². The van der Waals surface area contributed by atoms with Crippen LogP contribution in [-0.2, 0) is 17.8 Å². The van der Waals surface area contributed by atoms with Gasteiger partial charge in [0.05, 0.1) is 5.69 Å². The van der Waals surface area contributed by atoms with E-state index in [-0.39, 0.29) is 12.5 Å². The fraction of sp³-hybridized carbons (Fsp3) is 0.750. The Kier molecular flexibility index (Phi) is 4.29. The minimum absolute atomic E-state index is 0.201. The van der Waals surface area contributed by atoms with Gasteiger partial charge in [-0.15, -0.1) is 0 Å². The Labute approximate surface area is 126 Å². The van der Waals surface area contributed by atoms with Crippen LogP contribution in [0.5, 0.6) is 0 Å². The minimum Gasteiger partial charge on any atom is -0.368 e. The van der Waals surface area contributed by atoms with Gasteiger partial charge < -0.3 is 11.5 Å². The van der Waals surface area contributed by atoms with Crippen LogP contribution in [0.2, 0.25) is 0 Å². The summed E-state index contributed by atoms with van der Waals surface area (Å²) in [5.41, 5.74) is 15.2. The molecule has 1 fully saturated rings. The number of carbonyl (C=O) groups excluding carboxylic acids is 1. The Morgan fingerprint density at radius 3 is 2.62 bits per heavy atom. The maximum atomic E-state index is 11.3. The van der Waals surface area contributed by atoms with Gasteiger partial charge >= 0.3 is 0 Å². The lowest BCUT2D eigenvalue weighted by Crippen LogP contribution is -2.23. The van der Waals surface area contributed by atoms with E-state index in [1.54, 1.807) is 0 Å². The molecule has 0 bridgehead atoms. The summed E-state index contributed by atoms with van der Waals surface area (Å²) >= 11 is 0. The van der Waals surface area contributed by atoms with Gasteiger partial charge in [-0.3, -0.25) is 9.48 Å². The van der Waals surface area contributed by atoms with Crippen molar-refractivity contribution in [2.45, 2.75) is 69.7 Å². The zero-order valence-corrected chi connectivity index (χ0v) is 12.7. The monoisotopic (exact) mass is 290 g/mol. The Morgan fingerprint density at radius 2 is 1.95 bits per heavy atom. The van der Waals surface area contributed by atoms with Gasteiger partial charge in [0.15, 0.2) is 0 Å². The van der Waals surface area contributed by atoms with Crippen molar-refractivity contribution in [1.82, 2.24) is 9.78 Å². The highest BCUT2D eigenvalue weighted by atomic mass is 16.1. The molecule has 0 aromatic carbocycles. The molecule has 1 aromatic heterocycles. The predicted molar refractivity (Wildman–Crippen MR) is 82.0 cm³/mol. The standard InChI is InChI=1S/C16H26N4O/c17-9-12-7-4-8-13-15(12)16(11-5-2-1-3-6-11)19-20(13)10-14(18)21/h11-12H,1-10,17H2,(H2,18,21). The van der Waals surface area contributed by atoms with Crippen LogP contribution in [0.15, 0.2) is 0 Å². The van der Waals surface area contributed by atoms with E-state index in [1.807, 2.05) is 4.68 Å². The molecule has 0 saturated heterocycles. The number of fused-ring (bicyclic) bond motifs is 1. The molecule has 116 valence electrons. The van der Waals surface area contributed by atoms with Crippen molar-refractivity contribution in [2.75, 3.05) is 6.54 Å². The van der Waals surface area contributed by atoms with E-state index < -0.39 is 0 Å². The molecule has 1 saturated carbocycles. The number of hydrogen-bond acceptors (Lipinski definition) is 3. The number of rotatable bonds is 4. The van der Waals surface area contributed by atoms with Crippen molar-refractivity contribution in [1.29, 1.82) is 0 Å². The third-order valence-electron chi connectivity index (χ3n) is 5.08. The van der Waals surface area contributed by atoms with Crippen molar-refractivity contribution < 1.29 is 4.79 Å². The molecule has 1 amide bonds. The molecule has 0 spiro atoms. The summed E-state index contributed by atoms with van der Waals surface area (Å²) in [6.45, 7) is 0.876. The smallest absolute Gasteiger partial charge is 0.239 e. The third kappa shape index (κ3) is 2.84. The van der Waals surface area contributed by atoms with E-state index in [9.17, 15) is 4.79 Å². The molecule has 2 aliphatic rings. The van der Waals surface area contributed by atoms with Crippen LogP contribution in [0.3, 0.4) is 0 Å². The molecular formula is C16H26N4O. The van der Waals surface area contributed by atoms with Gasteiger partial charge in [0, 0.05) is 17.2 Å². The summed E-state index contributed by atoms with van der Waals surface area (Å²) in [5.74, 6) is 0.645. The van der Waals surface area contributed by atoms with Gasteiger partial charge in [-0.05, 0) is 44.6 Å². The molecule has 1 atom stereocenters. The van der Waals surface area contributed by atoms with Crippen LogP contribution >= 0.6 is 0 Å². The average Bonchev–Trinajstić information content (AvgIpc) is 2.86. The quantitative estimate of drug-likeness (QED) is 0.886. The van der Waals surface area contributed by atoms with Crippen LogP contribution in [0.25, 0.3) is 0 Å². The molecule has 3 rings (SSSR count). The SMILES string of the molecule is NCC1CCCc2c1c(C1CCCCC1)nn2CC(N)=O. The lowest BCUT2D eigenvalue weighted by atomic mass is 9.79. The summed E-state index contributed by atoms with van der Waals surface area (Å²) in [6, 6.07) is 0. The van der Waals surface area contributed by atoms with Crippen LogP contribution in [0.1, 0.15) is 73.7 Å². The second-order valence-electron chi connectivity index (χ2n) is 6.53. The zero-order chi connectivity index (χ0) is 14.8. The first kappa shape index (κ1) is 14.6. The fourth-order valence-corrected chi connectivity index (χ4v) is 4.09. The highest BCUT2D eigenvalue weighted by Gasteiger charge is 2.31. The number of primary amides is 1. The molecule has 1 unspecified atom stereocenters. The van der Waals surface area contributed by atoms with Crippen LogP contribution in [0, 0.1) is 0 Å². The maximum Gasteiger partial charge on any atom is 0.239 e.